The standard InChI is InChI=1S/C13H15N3O3/c1-8-11(9-5-6-10(19-4)14-7-9)12(17)16(3)13(18)15(8)2/h5-7H,1-4H3. The highest BCUT2D eigenvalue weighted by atomic mass is 16.5. The Morgan fingerprint density at radius 3 is 2.37 bits per heavy atom. The average Bonchev–Trinajstić information content (AvgIpc) is 2.44. The molecule has 2 aromatic rings. The van der Waals surface area contributed by atoms with Crippen molar-refractivity contribution >= 4 is 0 Å². The molecule has 0 fully saturated rings. The Bertz CT molecular complexity index is 727. The second-order valence-corrected chi connectivity index (χ2v) is 4.26. The van der Waals surface area contributed by atoms with Crippen LogP contribution < -0.4 is 16.0 Å². The van der Waals surface area contributed by atoms with Crippen molar-refractivity contribution in [3.63, 3.8) is 0 Å². The molecule has 100 valence electrons. The van der Waals surface area contributed by atoms with Gasteiger partial charge in [-0.15, -0.1) is 0 Å². The predicted molar refractivity (Wildman–Crippen MR) is 71.4 cm³/mol. The van der Waals surface area contributed by atoms with E-state index in [4.69, 9.17) is 4.74 Å². The van der Waals surface area contributed by atoms with Crippen LogP contribution in [0.15, 0.2) is 27.9 Å². The van der Waals surface area contributed by atoms with Gasteiger partial charge >= 0.3 is 5.69 Å². The summed E-state index contributed by atoms with van der Waals surface area (Å²) in [5.41, 5.74) is 1.08. The molecule has 6 heteroatoms. The summed E-state index contributed by atoms with van der Waals surface area (Å²) < 4.78 is 7.52. The number of ether oxygens (including phenoxy) is 1. The Hall–Kier alpha value is -2.37. The molecule has 0 aliphatic rings. The number of rotatable bonds is 2. The van der Waals surface area contributed by atoms with E-state index < -0.39 is 0 Å². The van der Waals surface area contributed by atoms with Gasteiger partial charge in [0.05, 0.1) is 12.7 Å². The first-order valence-corrected chi connectivity index (χ1v) is 5.74. The predicted octanol–water partition coefficient (Wildman–Crippen LogP) is 0.463. The van der Waals surface area contributed by atoms with Gasteiger partial charge in [-0.25, -0.2) is 9.78 Å². The third-order valence-electron chi connectivity index (χ3n) is 3.19. The van der Waals surface area contributed by atoms with E-state index in [1.54, 1.807) is 32.3 Å². The summed E-state index contributed by atoms with van der Waals surface area (Å²) in [5.74, 6) is 0.475. The lowest BCUT2D eigenvalue weighted by Crippen LogP contribution is -2.39. The normalized spacial score (nSPS) is 10.5. The molecule has 2 heterocycles. The maximum Gasteiger partial charge on any atom is 0.330 e. The van der Waals surface area contributed by atoms with Crippen molar-refractivity contribution in [3.8, 4) is 17.0 Å². The summed E-state index contributed by atoms with van der Waals surface area (Å²) in [4.78, 5) is 28.1. The molecule has 0 aliphatic carbocycles. The molecular weight excluding hydrogens is 246 g/mol. The molecule has 0 radical (unpaired) electrons. The van der Waals surface area contributed by atoms with Gasteiger partial charge in [0.1, 0.15) is 0 Å². The van der Waals surface area contributed by atoms with Crippen LogP contribution >= 0.6 is 0 Å². The fourth-order valence-corrected chi connectivity index (χ4v) is 1.93. The van der Waals surface area contributed by atoms with Crippen LogP contribution in [0.3, 0.4) is 0 Å². The number of pyridine rings is 1. The molecule has 0 spiro atoms. The van der Waals surface area contributed by atoms with E-state index >= 15 is 0 Å². The van der Waals surface area contributed by atoms with E-state index in [0.717, 1.165) is 4.57 Å². The molecule has 0 aromatic carbocycles. The molecule has 19 heavy (non-hydrogen) atoms. The van der Waals surface area contributed by atoms with Crippen LogP contribution in [0, 0.1) is 6.92 Å². The quantitative estimate of drug-likeness (QED) is 0.788. The van der Waals surface area contributed by atoms with E-state index in [9.17, 15) is 9.59 Å². The van der Waals surface area contributed by atoms with Crippen LogP contribution in [0.1, 0.15) is 5.69 Å². The zero-order valence-electron chi connectivity index (χ0n) is 11.3. The molecule has 0 bridgehead atoms. The van der Waals surface area contributed by atoms with E-state index in [2.05, 4.69) is 4.98 Å². The number of hydrogen-bond acceptors (Lipinski definition) is 4. The van der Waals surface area contributed by atoms with Crippen molar-refractivity contribution in [3.05, 3.63) is 44.9 Å². The second kappa shape index (κ2) is 4.72. The van der Waals surface area contributed by atoms with Gasteiger partial charge in [-0.3, -0.25) is 9.36 Å². The van der Waals surface area contributed by atoms with Gasteiger partial charge in [0.2, 0.25) is 5.88 Å². The summed E-state index contributed by atoms with van der Waals surface area (Å²) in [6.07, 6.45) is 1.56. The largest absolute Gasteiger partial charge is 0.481 e. The van der Waals surface area contributed by atoms with Crippen molar-refractivity contribution < 1.29 is 4.74 Å². The molecule has 0 saturated heterocycles. The van der Waals surface area contributed by atoms with Gasteiger partial charge in [-0.2, -0.15) is 0 Å². The SMILES string of the molecule is COc1ccc(-c2c(C)n(C)c(=O)n(C)c2=O)cn1. The Kier molecular flexibility index (Phi) is 3.25. The highest BCUT2D eigenvalue weighted by Gasteiger charge is 2.14. The van der Waals surface area contributed by atoms with Crippen molar-refractivity contribution in [2.75, 3.05) is 7.11 Å². The second-order valence-electron chi connectivity index (χ2n) is 4.26. The van der Waals surface area contributed by atoms with Crippen LogP contribution in [0.4, 0.5) is 0 Å². The van der Waals surface area contributed by atoms with Crippen LogP contribution in [0.5, 0.6) is 5.88 Å². The first-order chi connectivity index (χ1) is 8.97. The number of aromatic nitrogens is 3. The summed E-state index contributed by atoms with van der Waals surface area (Å²) in [5, 5.41) is 0. The Morgan fingerprint density at radius 2 is 1.84 bits per heavy atom. The van der Waals surface area contributed by atoms with Crippen LogP contribution in [-0.2, 0) is 14.1 Å². The molecule has 6 nitrogen and oxygen atoms in total. The van der Waals surface area contributed by atoms with Crippen molar-refractivity contribution in [1.29, 1.82) is 0 Å². The van der Waals surface area contributed by atoms with Gasteiger partial charge in [-0.1, -0.05) is 0 Å². The Balaban J connectivity index is 2.75. The molecule has 0 aliphatic heterocycles. The fourth-order valence-electron chi connectivity index (χ4n) is 1.93. The molecule has 2 aromatic heterocycles. The highest BCUT2D eigenvalue weighted by Crippen LogP contribution is 2.19. The summed E-state index contributed by atoms with van der Waals surface area (Å²) in [6, 6.07) is 3.43. The Labute approximate surface area is 109 Å². The topological polar surface area (TPSA) is 66.1 Å². The van der Waals surface area contributed by atoms with Gasteiger partial charge < -0.3 is 9.30 Å². The minimum Gasteiger partial charge on any atom is -0.481 e. The zero-order chi connectivity index (χ0) is 14.2. The third-order valence-corrected chi connectivity index (χ3v) is 3.19. The lowest BCUT2D eigenvalue weighted by atomic mass is 10.1. The number of methoxy groups -OCH3 is 1. The van der Waals surface area contributed by atoms with Crippen molar-refractivity contribution in [2.24, 2.45) is 14.1 Å². The average molecular weight is 261 g/mol. The minimum atomic E-state index is -0.340. The maximum absolute atomic E-state index is 12.2. The molecule has 0 unspecified atom stereocenters. The molecule has 0 amide bonds. The maximum atomic E-state index is 12.2. The summed E-state index contributed by atoms with van der Waals surface area (Å²) >= 11 is 0. The molecule has 0 atom stereocenters. The first-order valence-electron chi connectivity index (χ1n) is 5.74. The molecule has 0 N–H and O–H groups in total. The minimum absolute atomic E-state index is 0.326. The van der Waals surface area contributed by atoms with Gasteiger partial charge in [0, 0.05) is 37.6 Å². The smallest absolute Gasteiger partial charge is 0.330 e. The van der Waals surface area contributed by atoms with E-state index in [1.807, 2.05) is 0 Å². The first kappa shape index (κ1) is 13.1. The highest BCUT2D eigenvalue weighted by molar-refractivity contribution is 5.64. The van der Waals surface area contributed by atoms with Gasteiger partial charge in [0.25, 0.3) is 5.56 Å². The van der Waals surface area contributed by atoms with Crippen LogP contribution in [0.25, 0.3) is 11.1 Å². The van der Waals surface area contributed by atoms with E-state index in [1.165, 1.54) is 18.7 Å². The van der Waals surface area contributed by atoms with Crippen LogP contribution in [-0.4, -0.2) is 21.2 Å². The molecule has 2 rings (SSSR count). The summed E-state index contributed by atoms with van der Waals surface area (Å²) in [7, 11) is 4.63. The lowest BCUT2D eigenvalue weighted by Gasteiger charge is -2.11. The van der Waals surface area contributed by atoms with Crippen molar-refractivity contribution in [2.45, 2.75) is 6.92 Å². The summed E-state index contributed by atoms with van der Waals surface area (Å²) in [6.45, 7) is 1.74. The third kappa shape index (κ3) is 2.05. The Morgan fingerprint density at radius 1 is 1.16 bits per heavy atom. The monoisotopic (exact) mass is 261 g/mol. The number of hydrogen-bond donors (Lipinski definition) is 0. The molecule has 0 saturated carbocycles. The van der Waals surface area contributed by atoms with Gasteiger partial charge in [-0.05, 0) is 13.0 Å². The van der Waals surface area contributed by atoms with Gasteiger partial charge in [0.15, 0.2) is 0 Å². The van der Waals surface area contributed by atoms with Crippen molar-refractivity contribution in [1.82, 2.24) is 14.1 Å². The zero-order valence-corrected chi connectivity index (χ0v) is 11.3. The molecular formula is C13H15N3O3. The fraction of sp³-hybridized carbons (Fsp3) is 0.308. The van der Waals surface area contributed by atoms with E-state index in [-0.39, 0.29) is 11.2 Å². The van der Waals surface area contributed by atoms with Crippen LogP contribution in [0.2, 0.25) is 0 Å². The lowest BCUT2D eigenvalue weighted by molar-refractivity contribution is 0.398. The number of nitrogens with zero attached hydrogens (tertiary/aromatic N) is 3. The van der Waals surface area contributed by atoms with E-state index in [0.29, 0.717) is 22.7 Å².